The van der Waals surface area contributed by atoms with Gasteiger partial charge >= 0.3 is 0 Å². The summed E-state index contributed by atoms with van der Waals surface area (Å²) in [5, 5.41) is 16.6. The molecule has 9 nitrogen and oxygen atoms in total. The van der Waals surface area contributed by atoms with Crippen LogP contribution in [0.5, 0.6) is 0 Å². The third kappa shape index (κ3) is 4.58. The number of hydrogen-bond acceptors (Lipinski definition) is 8. The van der Waals surface area contributed by atoms with Crippen molar-refractivity contribution in [3.05, 3.63) is 65.5 Å². The van der Waals surface area contributed by atoms with E-state index in [4.69, 9.17) is 5.73 Å². The highest BCUT2D eigenvalue weighted by atomic mass is 19.1. The first-order valence-electron chi connectivity index (χ1n) is 13.9. The van der Waals surface area contributed by atoms with Gasteiger partial charge in [0.25, 0.3) is 0 Å². The SMILES string of the molecule is Nc1nc(Nc2ccc(N3CCC(N4CCCC4)C3)c(F)c2)nn1-c1cc2c(nn1)-c1ccccc1CCC2. The molecule has 2 aromatic heterocycles. The molecule has 2 fully saturated rings. The summed E-state index contributed by atoms with van der Waals surface area (Å²) < 4.78 is 16.6. The molecule has 0 saturated carbocycles. The van der Waals surface area contributed by atoms with Crippen molar-refractivity contribution in [1.82, 2.24) is 29.9 Å². The number of nitrogen functional groups attached to an aromatic ring is 1. The maximum absolute atomic E-state index is 15.2. The van der Waals surface area contributed by atoms with E-state index in [0.29, 0.717) is 23.2 Å². The van der Waals surface area contributed by atoms with Gasteiger partial charge < -0.3 is 16.0 Å². The van der Waals surface area contributed by atoms with E-state index in [9.17, 15) is 0 Å². The maximum atomic E-state index is 15.2. The summed E-state index contributed by atoms with van der Waals surface area (Å²) in [6.07, 6.45) is 6.56. The quantitative estimate of drug-likeness (QED) is 0.397. The van der Waals surface area contributed by atoms with Crippen molar-refractivity contribution in [2.75, 3.05) is 42.1 Å². The predicted molar refractivity (Wildman–Crippen MR) is 150 cm³/mol. The first-order valence-corrected chi connectivity index (χ1v) is 13.9. The van der Waals surface area contributed by atoms with Crippen LogP contribution in [0.4, 0.5) is 27.7 Å². The summed E-state index contributed by atoms with van der Waals surface area (Å²) in [5.74, 6) is 0.709. The fraction of sp³-hybridized carbons (Fsp3) is 0.379. The van der Waals surface area contributed by atoms with Crippen molar-refractivity contribution >= 4 is 23.3 Å². The summed E-state index contributed by atoms with van der Waals surface area (Å²) in [4.78, 5) is 9.05. The van der Waals surface area contributed by atoms with Crippen molar-refractivity contribution in [1.29, 1.82) is 0 Å². The average molecular weight is 526 g/mol. The van der Waals surface area contributed by atoms with E-state index < -0.39 is 0 Å². The summed E-state index contributed by atoms with van der Waals surface area (Å²) >= 11 is 0. The Kier molecular flexibility index (Phi) is 6.11. The Morgan fingerprint density at radius 3 is 2.64 bits per heavy atom. The Labute approximate surface area is 226 Å². The van der Waals surface area contributed by atoms with Crippen LogP contribution in [0.1, 0.15) is 36.8 Å². The zero-order valence-electron chi connectivity index (χ0n) is 21.9. The van der Waals surface area contributed by atoms with Gasteiger partial charge in [-0.1, -0.05) is 24.3 Å². The van der Waals surface area contributed by atoms with Gasteiger partial charge in [0.05, 0.1) is 11.4 Å². The van der Waals surface area contributed by atoms with E-state index in [-0.39, 0.29) is 17.7 Å². The molecule has 7 rings (SSSR count). The molecule has 4 heterocycles. The second kappa shape index (κ2) is 9.92. The van der Waals surface area contributed by atoms with Crippen LogP contribution in [0.15, 0.2) is 48.5 Å². The van der Waals surface area contributed by atoms with Gasteiger partial charge in [-0.25, -0.2) is 4.39 Å². The molecule has 1 unspecified atom stereocenters. The lowest BCUT2D eigenvalue weighted by atomic mass is 10.0. The highest BCUT2D eigenvalue weighted by molar-refractivity contribution is 5.68. The van der Waals surface area contributed by atoms with Crippen LogP contribution in [0.2, 0.25) is 0 Å². The number of benzene rings is 2. The molecule has 0 radical (unpaired) electrons. The highest BCUT2D eigenvalue weighted by Gasteiger charge is 2.30. The molecule has 0 amide bonds. The fourth-order valence-electron chi connectivity index (χ4n) is 6.26. The number of hydrogen-bond donors (Lipinski definition) is 2. The maximum Gasteiger partial charge on any atom is 0.248 e. The van der Waals surface area contributed by atoms with Gasteiger partial charge in [0.1, 0.15) is 5.82 Å². The van der Waals surface area contributed by atoms with Gasteiger partial charge in [-0.05, 0) is 87.0 Å². The number of halogens is 1. The van der Waals surface area contributed by atoms with Gasteiger partial charge in [0.15, 0.2) is 5.82 Å². The van der Waals surface area contributed by atoms with E-state index in [0.717, 1.165) is 68.7 Å². The molecule has 1 aliphatic carbocycles. The monoisotopic (exact) mass is 525 g/mol. The largest absolute Gasteiger partial charge is 0.368 e. The van der Waals surface area contributed by atoms with Crippen LogP contribution in [0.3, 0.4) is 0 Å². The standard InChI is InChI=1S/C29H32FN9/c30-24-17-21(10-11-25(24)38-15-12-22(18-38)37-13-3-4-14-37)32-29-33-28(31)39(36-29)26-16-20-8-5-7-19-6-1-2-9-23(19)27(20)35-34-26/h1-2,6,9-11,16-17,22H,3-5,7-8,12-15,18H2,(H3,31,32,33,36). The van der Waals surface area contributed by atoms with Crippen molar-refractivity contribution in [3.63, 3.8) is 0 Å². The molecular weight excluding hydrogens is 493 g/mol. The number of anilines is 4. The lowest BCUT2D eigenvalue weighted by Crippen LogP contribution is -2.35. The number of rotatable bonds is 5. The second-order valence-corrected chi connectivity index (χ2v) is 10.7. The summed E-state index contributed by atoms with van der Waals surface area (Å²) in [5.41, 5.74) is 11.9. The number of aromatic nitrogens is 5. The molecule has 0 bridgehead atoms. The molecule has 2 saturated heterocycles. The molecule has 3 aliphatic rings. The van der Waals surface area contributed by atoms with Gasteiger partial charge in [0, 0.05) is 30.4 Å². The Bertz CT molecular complexity index is 1510. The normalized spacial score (nSPS) is 19.1. The molecule has 4 aromatic rings. The van der Waals surface area contributed by atoms with Crippen LogP contribution in [-0.4, -0.2) is 62.1 Å². The molecule has 2 aromatic carbocycles. The van der Waals surface area contributed by atoms with E-state index in [1.165, 1.54) is 29.2 Å². The minimum atomic E-state index is -0.258. The van der Waals surface area contributed by atoms with Crippen LogP contribution in [-0.2, 0) is 12.8 Å². The highest BCUT2D eigenvalue weighted by Crippen LogP contribution is 2.32. The average Bonchev–Trinajstić information content (AvgIpc) is 3.69. The molecule has 39 heavy (non-hydrogen) atoms. The third-order valence-electron chi connectivity index (χ3n) is 8.24. The third-order valence-corrected chi connectivity index (χ3v) is 8.24. The topological polar surface area (TPSA) is 101 Å². The predicted octanol–water partition coefficient (Wildman–Crippen LogP) is 4.35. The van der Waals surface area contributed by atoms with E-state index in [1.807, 2.05) is 24.3 Å². The van der Waals surface area contributed by atoms with Crippen LogP contribution < -0.4 is 16.0 Å². The Morgan fingerprint density at radius 1 is 0.923 bits per heavy atom. The fourth-order valence-corrected chi connectivity index (χ4v) is 6.26. The van der Waals surface area contributed by atoms with Crippen LogP contribution in [0, 0.1) is 5.82 Å². The van der Waals surface area contributed by atoms with E-state index in [2.05, 4.69) is 53.6 Å². The van der Waals surface area contributed by atoms with Crippen molar-refractivity contribution in [2.24, 2.45) is 0 Å². The Balaban J connectivity index is 1.08. The lowest BCUT2D eigenvalue weighted by molar-refractivity contribution is 0.260. The zero-order chi connectivity index (χ0) is 26.3. The number of aryl methyl sites for hydroxylation is 2. The number of likely N-dealkylation sites (tertiary alicyclic amines) is 1. The minimum Gasteiger partial charge on any atom is -0.368 e. The summed E-state index contributed by atoms with van der Waals surface area (Å²) in [6, 6.07) is 16.0. The Hall–Kier alpha value is -4.05. The van der Waals surface area contributed by atoms with Gasteiger partial charge in [-0.3, -0.25) is 4.90 Å². The van der Waals surface area contributed by atoms with E-state index >= 15 is 4.39 Å². The summed E-state index contributed by atoms with van der Waals surface area (Å²) in [6.45, 7) is 4.08. The number of nitrogens with zero attached hydrogens (tertiary/aromatic N) is 7. The van der Waals surface area contributed by atoms with Crippen LogP contribution >= 0.6 is 0 Å². The second-order valence-electron chi connectivity index (χ2n) is 10.7. The molecular formula is C29H32FN9. The smallest absolute Gasteiger partial charge is 0.248 e. The van der Waals surface area contributed by atoms with Crippen molar-refractivity contribution in [2.45, 2.75) is 44.6 Å². The summed E-state index contributed by atoms with van der Waals surface area (Å²) in [7, 11) is 0. The lowest BCUT2D eigenvalue weighted by Gasteiger charge is -2.24. The van der Waals surface area contributed by atoms with Gasteiger partial charge in [-0.15, -0.1) is 15.3 Å². The molecule has 1 atom stereocenters. The van der Waals surface area contributed by atoms with Crippen molar-refractivity contribution in [3.8, 4) is 17.1 Å². The molecule has 10 heteroatoms. The van der Waals surface area contributed by atoms with Crippen LogP contribution in [0.25, 0.3) is 17.1 Å². The number of nitrogens with two attached hydrogens (primary N) is 1. The molecule has 200 valence electrons. The van der Waals surface area contributed by atoms with Crippen molar-refractivity contribution < 1.29 is 4.39 Å². The van der Waals surface area contributed by atoms with Gasteiger partial charge in [0.2, 0.25) is 11.9 Å². The first kappa shape index (κ1) is 24.0. The molecule has 2 aliphatic heterocycles. The minimum absolute atomic E-state index is 0.183. The zero-order valence-corrected chi connectivity index (χ0v) is 21.9. The molecule has 0 spiro atoms. The number of nitrogens with one attached hydrogen (secondary N) is 1. The molecule has 3 N–H and O–H groups in total. The van der Waals surface area contributed by atoms with Gasteiger partial charge in [-0.2, -0.15) is 9.67 Å². The Morgan fingerprint density at radius 2 is 1.77 bits per heavy atom. The van der Waals surface area contributed by atoms with E-state index in [1.54, 1.807) is 0 Å². The number of fused-ring (bicyclic) bond motifs is 3. The first-order chi connectivity index (χ1) is 19.1.